The van der Waals surface area contributed by atoms with Gasteiger partial charge >= 0.3 is 5.97 Å². The lowest BCUT2D eigenvalue weighted by Gasteiger charge is -2.23. The summed E-state index contributed by atoms with van der Waals surface area (Å²) < 4.78 is 11.0. The van der Waals surface area contributed by atoms with E-state index in [9.17, 15) is 9.90 Å². The molecule has 0 saturated carbocycles. The van der Waals surface area contributed by atoms with Crippen LogP contribution in [0.25, 0.3) is 27.5 Å². The number of nitrogens with zero attached hydrogens (tertiary/aromatic N) is 3. The lowest BCUT2D eigenvalue weighted by atomic mass is 9.86. The van der Waals surface area contributed by atoms with Crippen molar-refractivity contribution in [2.75, 3.05) is 13.2 Å². The molecule has 176 valence electrons. The fraction of sp³-hybridized carbons (Fsp3) is 0.296. The number of aromatic hydroxyl groups is 1. The van der Waals surface area contributed by atoms with Gasteiger partial charge < -0.3 is 14.6 Å². The molecule has 0 saturated heterocycles. The standard InChI is InChI=1S/C27H29N3O4/c1-16(2)26(32)34-12-11-33-18-14-21(27(4,5)6)25(31)23(15-18)30-28-22-13-17(3)19-9-7-8-10-20(19)24(22)29-30/h7-10,13-15,31H,1,11-12H2,2-6H3. The second-order valence-electron chi connectivity index (χ2n) is 9.45. The Bertz CT molecular complexity index is 1410. The summed E-state index contributed by atoms with van der Waals surface area (Å²) in [7, 11) is 0. The molecule has 0 atom stereocenters. The Morgan fingerprint density at radius 2 is 1.79 bits per heavy atom. The second kappa shape index (κ2) is 8.82. The van der Waals surface area contributed by atoms with E-state index in [0.717, 1.165) is 27.4 Å². The van der Waals surface area contributed by atoms with Crippen molar-refractivity contribution in [1.29, 1.82) is 0 Å². The van der Waals surface area contributed by atoms with Crippen molar-refractivity contribution in [3.8, 4) is 17.2 Å². The summed E-state index contributed by atoms with van der Waals surface area (Å²) in [6, 6.07) is 13.6. The zero-order chi connectivity index (χ0) is 24.6. The largest absolute Gasteiger partial charge is 0.505 e. The average molecular weight is 460 g/mol. The van der Waals surface area contributed by atoms with Gasteiger partial charge in [0.2, 0.25) is 0 Å². The minimum atomic E-state index is -0.458. The number of esters is 1. The average Bonchev–Trinajstić information content (AvgIpc) is 3.20. The molecule has 4 aromatic rings. The van der Waals surface area contributed by atoms with Crippen LogP contribution >= 0.6 is 0 Å². The third kappa shape index (κ3) is 4.46. The maximum absolute atomic E-state index is 11.6. The molecular weight excluding hydrogens is 430 g/mol. The first kappa shape index (κ1) is 23.3. The van der Waals surface area contributed by atoms with Gasteiger partial charge in [-0.1, -0.05) is 51.6 Å². The van der Waals surface area contributed by atoms with Crippen LogP contribution in [0.5, 0.6) is 11.5 Å². The van der Waals surface area contributed by atoms with Gasteiger partial charge in [-0.2, -0.15) is 0 Å². The monoisotopic (exact) mass is 459 g/mol. The van der Waals surface area contributed by atoms with Gasteiger partial charge in [0.05, 0.1) is 0 Å². The molecule has 0 aliphatic heterocycles. The molecule has 1 heterocycles. The first-order valence-corrected chi connectivity index (χ1v) is 11.1. The van der Waals surface area contributed by atoms with E-state index in [0.29, 0.717) is 22.6 Å². The number of hydrogen-bond acceptors (Lipinski definition) is 6. The van der Waals surface area contributed by atoms with E-state index in [1.54, 1.807) is 19.1 Å². The van der Waals surface area contributed by atoms with Crippen LogP contribution in [0, 0.1) is 6.92 Å². The molecular formula is C27H29N3O4. The SMILES string of the molecule is C=C(C)C(=O)OCCOc1cc(-n2nc3cc(C)c4ccccc4c3n2)c(O)c(C(C)(C)C)c1. The minimum Gasteiger partial charge on any atom is -0.505 e. The molecule has 0 spiro atoms. The third-order valence-electron chi connectivity index (χ3n) is 5.62. The molecule has 0 unspecified atom stereocenters. The third-order valence-corrected chi connectivity index (χ3v) is 5.62. The highest BCUT2D eigenvalue weighted by Crippen LogP contribution is 2.39. The van der Waals surface area contributed by atoms with Gasteiger partial charge in [-0.3, -0.25) is 0 Å². The van der Waals surface area contributed by atoms with Crippen LogP contribution < -0.4 is 4.74 Å². The smallest absolute Gasteiger partial charge is 0.333 e. The molecule has 0 aliphatic carbocycles. The first-order chi connectivity index (χ1) is 16.1. The predicted molar refractivity (Wildman–Crippen MR) is 133 cm³/mol. The second-order valence-corrected chi connectivity index (χ2v) is 9.45. The number of phenolic OH excluding ortho intramolecular Hbond substituents is 1. The van der Waals surface area contributed by atoms with Gasteiger partial charge in [0.15, 0.2) is 0 Å². The maximum atomic E-state index is 11.6. The number of aromatic nitrogens is 3. The van der Waals surface area contributed by atoms with E-state index < -0.39 is 5.97 Å². The molecule has 0 bridgehead atoms. The Balaban J connectivity index is 1.75. The van der Waals surface area contributed by atoms with Crippen LogP contribution in [0.1, 0.15) is 38.8 Å². The van der Waals surface area contributed by atoms with Gasteiger partial charge in [-0.05, 0) is 42.3 Å². The molecule has 0 radical (unpaired) electrons. The fourth-order valence-electron chi connectivity index (χ4n) is 3.85. The lowest BCUT2D eigenvalue weighted by Crippen LogP contribution is -2.15. The quantitative estimate of drug-likeness (QED) is 0.237. The molecule has 1 aromatic heterocycles. The number of phenols is 1. The van der Waals surface area contributed by atoms with Crippen LogP contribution in [0.3, 0.4) is 0 Å². The number of aryl methyl sites for hydroxylation is 1. The van der Waals surface area contributed by atoms with Crippen LogP contribution in [-0.2, 0) is 14.9 Å². The van der Waals surface area contributed by atoms with Crippen LogP contribution in [0.15, 0.2) is 54.6 Å². The van der Waals surface area contributed by atoms with Gasteiger partial charge in [-0.15, -0.1) is 15.0 Å². The zero-order valence-corrected chi connectivity index (χ0v) is 20.2. The maximum Gasteiger partial charge on any atom is 0.333 e. The lowest BCUT2D eigenvalue weighted by molar-refractivity contribution is -0.139. The van der Waals surface area contributed by atoms with E-state index in [1.165, 1.54) is 4.80 Å². The summed E-state index contributed by atoms with van der Waals surface area (Å²) in [4.78, 5) is 13.0. The minimum absolute atomic E-state index is 0.0852. The summed E-state index contributed by atoms with van der Waals surface area (Å²) in [6.45, 7) is 13.5. The van der Waals surface area contributed by atoms with Crippen molar-refractivity contribution in [2.45, 2.75) is 40.0 Å². The number of hydrogen-bond donors (Lipinski definition) is 1. The van der Waals surface area contributed by atoms with Gasteiger partial charge in [0.25, 0.3) is 0 Å². The molecule has 0 fully saturated rings. The summed E-state index contributed by atoms with van der Waals surface area (Å²) in [6.07, 6.45) is 0. The highest BCUT2D eigenvalue weighted by atomic mass is 16.6. The number of ether oxygens (including phenoxy) is 2. The topological polar surface area (TPSA) is 86.5 Å². The highest BCUT2D eigenvalue weighted by molar-refractivity contribution is 6.05. The van der Waals surface area contributed by atoms with E-state index in [-0.39, 0.29) is 24.4 Å². The van der Waals surface area contributed by atoms with E-state index in [4.69, 9.17) is 14.6 Å². The van der Waals surface area contributed by atoms with E-state index >= 15 is 0 Å². The molecule has 34 heavy (non-hydrogen) atoms. The van der Waals surface area contributed by atoms with E-state index in [1.807, 2.05) is 52.0 Å². The summed E-state index contributed by atoms with van der Waals surface area (Å²) in [5.74, 6) is 0.154. The van der Waals surface area contributed by atoms with Gasteiger partial charge in [0, 0.05) is 22.6 Å². The normalized spacial score (nSPS) is 11.7. The highest BCUT2D eigenvalue weighted by Gasteiger charge is 2.24. The molecule has 3 aromatic carbocycles. The van der Waals surface area contributed by atoms with Crippen molar-refractivity contribution < 1.29 is 19.4 Å². The molecule has 4 rings (SSSR count). The fourth-order valence-corrected chi connectivity index (χ4v) is 3.85. The number of carbonyl (C=O) groups excluding carboxylic acids is 1. The Morgan fingerprint density at radius 1 is 1.09 bits per heavy atom. The summed E-state index contributed by atoms with van der Waals surface area (Å²) >= 11 is 0. The Labute approximate surface area is 198 Å². The number of fused-ring (bicyclic) bond motifs is 3. The van der Waals surface area contributed by atoms with Crippen molar-refractivity contribution in [2.24, 2.45) is 0 Å². The van der Waals surface area contributed by atoms with Crippen LogP contribution in [0.2, 0.25) is 0 Å². The molecule has 7 heteroatoms. The van der Waals surface area contributed by atoms with E-state index in [2.05, 4.69) is 17.7 Å². The molecule has 1 N–H and O–H groups in total. The van der Waals surface area contributed by atoms with Crippen molar-refractivity contribution in [1.82, 2.24) is 15.0 Å². The van der Waals surface area contributed by atoms with Crippen molar-refractivity contribution in [3.63, 3.8) is 0 Å². The van der Waals surface area contributed by atoms with Crippen molar-refractivity contribution >= 4 is 27.8 Å². The zero-order valence-electron chi connectivity index (χ0n) is 20.2. The van der Waals surface area contributed by atoms with Crippen molar-refractivity contribution in [3.05, 3.63) is 65.7 Å². The first-order valence-electron chi connectivity index (χ1n) is 11.1. The molecule has 0 aliphatic rings. The number of rotatable bonds is 6. The Morgan fingerprint density at radius 3 is 2.47 bits per heavy atom. The summed E-state index contributed by atoms with van der Waals surface area (Å²) in [5.41, 5.74) is 3.70. The van der Waals surface area contributed by atoms with Crippen LogP contribution in [0.4, 0.5) is 0 Å². The number of carbonyl (C=O) groups is 1. The van der Waals surface area contributed by atoms with Gasteiger partial charge in [0.1, 0.15) is 41.4 Å². The summed E-state index contributed by atoms with van der Waals surface area (Å²) in [5, 5.41) is 22.7. The Hall–Kier alpha value is -3.87. The predicted octanol–water partition coefficient (Wildman–Crippen LogP) is 5.38. The van der Waals surface area contributed by atoms with Gasteiger partial charge in [-0.25, -0.2) is 4.79 Å². The molecule has 7 nitrogen and oxygen atoms in total. The van der Waals surface area contributed by atoms with Crippen LogP contribution in [-0.4, -0.2) is 39.3 Å². The Kier molecular flexibility index (Phi) is 6.04. The molecule has 0 amide bonds. The number of benzene rings is 3.